The number of benzene rings is 2. The molecule has 3 rings (SSSR count). The van der Waals surface area contributed by atoms with Crippen molar-refractivity contribution in [3.05, 3.63) is 59.9 Å². The van der Waals surface area contributed by atoms with Crippen LogP contribution in [0.2, 0.25) is 0 Å². The Kier molecular flexibility index (Phi) is 4.35. The fourth-order valence-corrected chi connectivity index (χ4v) is 2.57. The summed E-state index contributed by atoms with van der Waals surface area (Å²) in [6.07, 6.45) is 0.846. The van der Waals surface area contributed by atoms with Gasteiger partial charge in [-0.1, -0.05) is 18.2 Å². The van der Waals surface area contributed by atoms with Crippen molar-refractivity contribution in [2.24, 2.45) is 5.41 Å². The lowest BCUT2D eigenvalue weighted by molar-refractivity contribution is -0.131. The molecule has 1 fully saturated rings. The van der Waals surface area contributed by atoms with Gasteiger partial charge in [-0.25, -0.2) is 4.39 Å². The molecule has 0 heterocycles. The Hall–Kier alpha value is -3.02. The fraction of sp³-hybridized carbons (Fsp3) is 0.211. The van der Waals surface area contributed by atoms with Gasteiger partial charge in [0.15, 0.2) is 5.78 Å². The Balaban J connectivity index is 1.72. The monoisotopic (exact) mass is 340 g/mol. The molecule has 2 aromatic rings. The third-order valence-electron chi connectivity index (χ3n) is 4.23. The number of rotatable bonds is 5. The van der Waals surface area contributed by atoms with Crippen LogP contribution in [0.5, 0.6) is 0 Å². The number of hydrogen-bond donors (Lipinski definition) is 2. The number of carbonyl (C=O) groups excluding carboxylic acids is 3. The molecule has 1 aliphatic carbocycles. The molecule has 2 aromatic carbocycles. The lowest BCUT2D eigenvalue weighted by atomic mass is 10.0. The average Bonchev–Trinajstić information content (AvgIpc) is 3.37. The predicted octanol–water partition coefficient (Wildman–Crippen LogP) is 3.39. The molecule has 25 heavy (non-hydrogen) atoms. The SMILES string of the molecule is CC(=O)c1cccc(NC(=O)C2(C(=O)Nc3cccc(F)c3)CC2)c1. The number of Topliss-reactive ketones (excluding diaryl/α,β-unsaturated/α-hetero) is 1. The van der Waals surface area contributed by atoms with E-state index < -0.39 is 23.0 Å². The highest BCUT2D eigenvalue weighted by Crippen LogP contribution is 2.47. The molecule has 128 valence electrons. The van der Waals surface area contributed by atoms with E-state index in [-0.39, 0.29) is 5.78 Å². The molecule has 0 aromatic heterocycles. The van der Waals surface area contributed by atoms with Crippen LogP contribution < -0.4 is 10.6 Å². The van der Waals surface area contributed by atoms with E-state index in [1.807, 2.05) is 0 Å². The first-order chi connectivity index (χ1) is 11.9. The first-order valence-electron chi connectivity index (χ1n) is 7.90. The maximum atomic E-state index is 13.2. The van der Waals surface area contributed by atoms with Gasteiger partial charge in [0.2, 0.25) is 11.8 Å². The molecule has 0 aliphatic heterocycles. The van der Waals surface area contributed by atoms with Crippen LogP contribution in [-0.4, -0.2) is 17.6 Å². The summed E-state index contributed by atoms with van der Waals surface area (Å²) in [7, 11) is 0. The van der Waals surface area contributed by atoms with Crippen molar-refractivity contribution in [2.75, 3.05) is 10.6 Å². The van der Waals surface area contributed by atoms with Gasteiger partial charge in [-0.3, -0.25) is 14.4 Å². The van der Waals surface area contributed by atoms with Crippen molar-refractivity contribution in [1.29, 1.82) is 0 Å². The summed E-state index contributed by atoms with van der Waals surface area (Å²) in [4.78, 5) is 36.4. The van der Waals surface area contributed by atoms with E-state index in [9.17, 15) is 18.8 Å². The van der Waals surface area contributed by atoms with Gasteiger partial charge in [0, 0.05) is 16.9 Å². The maximum Gasteiger partial charge on any atom is 0.240 e. The van der Waals surface area contributed by atoms with Crippen molar-refractivity contribution in [1.82, 2.24) is 0 Å². The maximum absolute atomic E-state index is 13.2. The van der Waals surface area contributed by atoms with Gasteiger partial charge in [0.05, 0.1) is 0 Å². The molecule has 1 aliphatic rings. The normalized spacial score (nSPS) is 14.5. The summed E-state index contributed by atoms with van der Waals surface area (Å²) in [6.45, 7) is 1.44. The predicted molar refractivity (Wildman–Crippen MR) is 91.8 cm³/mol. The van der Waals surface area contributed by atoms with Crippen LogP contribution in [0.1, 0.15) is 30.1 Å². The lowest BCUT2D eigenvalue weighted by Gasteiger charge is -2.16. The summed E-state index contributed by atoms with van der Waals surface area (Å²) in [5.41, 5.74) is 0.0930. The number of amides is 2. The van der Waals surface area contributed by atoms with Crippen molar-refractivity contribution < 1.29 is 18.8 Å². The van der Waals surface area contributed by atoms with E-state index in [2.05, 4.69) is 10.6 Å². The minimum atomic E-state index is -1.15. The van der Waals surface area contributed by atoms with E-state index in [1.54, 1.807) is 30.3 Å². The summed E-state index contributed by atoms with van der Waals surface area (Å²) in [5, 5.41) is 5.28. The standard InChI is InChI=1S/C19H17FN2O3/c1-12(23)13-4-2-6-15(10-13)21-17(24)19(8-9-19)18(25)22-16-7-3-5-14(20)11-16/h2-7,10-11H,8-9H2,1H3,(H,21,24)(H,22,25). The van der Waals surface area contributed by atoms with E-state index >= 15 is 0 Å². The van der Waals surface area contributed by atoms with Crippen molar-refractivity contribution in [2.45, 2.75) is 19.8 Å². The Morgan fingerprint density at radius 1 is 0.920 bits per heavy atom. The molecule has 0 atom stereocenters. The third kappa shape index (κ3) is 3.57. The minimum absolute atomic E-state index is 0.110. The lowest BCUT2D eigenvalue weighted by Crippen LogP contribution is -2.35. The van der Waals surface area contributed by atoms with Gasteiger partial charge in [0.25, 0.3) is 0 Å². The number of anilines is 2. The zero-order valence-corrected chi connectivity index (χ0v) is 13.6. The van der Waals surface area contributed by atoms with Gasteiger partial charge < -0.3 is 10.6 Å². The zero-order chi connectivity index (χ0) is 18.0. The van der Waals surface area contributed by atoms with Gasteiger partial charge >= 0.3 is 0 Å². The molecule has 0 unspecified atom stereocenters. The molecular weight excluding hydrogens is 323 g/mol. The summed E-state index contributed by atoms with van der Waals surface area (Å²) >= 11 is 0. The summed E-state index contributed by atoms with van der Waals surface area (Å²) in [5.74, 6) is -1.46. The largest absolute Gasteiger partial charge is 0.325 e. The fourth-order valence-electron chi connectivity index (χ4n) is 2.57. The molecule has 2 amide bonds. The molecule has 0 bridgehead atoms. The van der Waals surface area contributed by atoms with Gasteiger partial charge in [-0.05, 0) is 50.1 Å². The number of halogens is 1. The molecule has 0 saturated heterocycles. The first kappa shape index (κ1) is 16.8. The topological polar surface area (TPSA) is 75.3 Å². The molecular formula is C19H17FN2O3. The zero-order valence-electron chi connectivity index (χ0n) is 13.6. The van der Waals surface area contributed by atoms with Crippen molar-refractivity contribution in [3.8, 4) is 0 Å². The van der Waals surface area contributed by atoms with Gasteiger partial charge in [-0.2, -0.15) is 0 Å². The third-order valence-corrected chi connectivity index (χ3v) is 4.23. The average molecular weight is 340 g/mol. The van der Waals surface area contributed by atoms with Crippen molar-refractivity contribution in [3.63, 3.8) is 0 Å². The molecule has 6 heteroatoms. The molecule has 0 radical (unpaired) electrons. The molecule has 1 saturated carbocycles. The van der Waals surface area contributed by atoms with Crippen molar-refractivity contribution >= 4 is 29.0 Å². The number of hydrogen-bond acceptors (Lipinski definition) is 3. The van der Waals surface area contributed by atoms with Crippen LogP contribution in [0.15, 0.2) is 48.5 Å². The number of ketones is 1. The minimum Gasteiger partial charge on any atom is -0.325 e. The summed E-state index contributed by atoms with van der Waals surface area (Å²) in [6, 6.07) is 12.1. The van der Waals surface area contributed by atoms with Crippen LogP contribution in [0, 0.1) is 11.2 Å². The van der Waals surface area contributed by atoms with Crippen LogP contribution in [0.4, 0.5) is 15.8 Å². The Bertz CT molecular complexity index is 859. The molecule has 5 nitrogen and oxygen atoms in total. The highest BCUT2D eigenvalue weighted by Gasteiger charge is 2.56. The van der Waals surface area contributed by atoms with E-state index in [0.29, 0.717) is 29.8 Å². The first-order valence-corrected chi connectivity index (χ1v) is 7.90. The van der Waals surface area contributed by atoms with Gasteiger partial charge in [0.1, 0.15) is 11.2 Å². The highest BCUT2D eigenvalue weighted by molar-refractivity contribution is 6.17. The van der Waals surface area contributed by atoms with Crippen LogP contribution >= 0.6 is 0 Å². The Morgan fingerprint density at radius 3 is 2.00 bits per heavy atom. The second kappa shape index (κ2) is 6.47. The second-order valence-electron chi connectivity index (χ2n) is 6.14. The smallest absolute Gasteiger partial charge is 0.240 e. The van der Waals surface area contributed by atoms with Crippen LogP contribution in [0.25, 0.3) is 0 Å². The quantitative estimate of drug-likeness (QED) is 0.647. The number of nitrogens with one attached hydrogen (secondary N) is 2. The Labute approximate surface area is 144 Å². The highest BCUT2D eigenvalue weighted by atomic mass is 19.1. The van der Waals surface area contributed by atoms with Gasteiger partial charge in [-0.15, -0.1) is 0 Å². The van der Waals surface area contributed by atoms with Crippen LogP contribution in [0.3, 0.4) is 0 Å². The second-order valence-corrected chi connectivity index (χ2v) is 6.14. The molecule has 2 N–H and O–H groups in total. The van der Waals surface area contributed by atoms with E-state index in [1.165, 1.54) is 25.1 Å². The van der Waals surface area contributed by atoms with E-state index in [4.69, 9.17) is 0 Å². The Morgan fingerprint density at radius 2 is 1.48 bits per heavy atom. The van der Waals surface area contributed by atoms with Crippen LogP contribution in [-0.2, 0) is 9.59 Å². The number of carbonyl (C=O) groups is 3. The van der Waals surface area contributed by atoms with E-state index in [0.717, 1.165) is 0 Å². The summed E-state index contributed by atoms with van der Waals surface area (Å²) < 4.78 is 13.2. The molecule has 0 spiro atoms.